The van der Waals surface area contributed by atoms with Crippen molar-refractivity contribution in [3.05, 3.63) is 36.0 Å². The van der Waals surface area contributed by atoms with Gasteiger partial charge in [0.25, 0.3) is 0 Å². The van der Waals surface area contributed by atoms with E-state index in [4.69, 9.17) is 18.0 Å². The molecular weight excluding hydrogens is 278 g/mol. The minimum atomic E-state index is 0.434. The molecule has 1 unspecified atom stereocenters. The van der Waals surface area contributed by atoms with Crippen LogP contribution in [0.2, 0.25) is 0 Å². The Morgan fingerprint density at radius 3 is 2.95 bits per heavy atom. The molecule has 21 heavy (non-hydrogen) atoms. The Morgan fingerprint density at radius 1 is 1.38 bits per heavy atom. The van der Waals surface area contributed by atoms with E-state index in [0.29, 0.717) is 11.0 Å². The van der Waals surface area contributed by atoms with Crippen LogP contribution >= 0.6 is 12.2 Å². The first-order valence-electron chi connectivity index (χ1n) is 7.66. The lowest BCUT2D eigenvalue weighted by Gasteiger charge is -2.38. The number of pyridine rings is 1. The molecule has 0 bridgehead atoms. The first-order valence-corrected chi connectivity index (χ1v) is 8.07. The fraction of sp³-hybridized carbons (Fsp3) is 0.412. The van der Waals surface area contributed by atoms with Crippen LogP contribution in [0.15, 0.2) is 30.5 Å². The van der Waals surface area contributed by atoms with Gasteiger partial charge in [-0.2, -0.15) is 0 Å². The number of benzene rings is 1. The molecule has 1 aliphatic rings. The summed E-state index contributed by atoms with van der Waals surface area (Å²) in [6, 6.07) is 8.82. The fourth-order valence-corrected chi connectivity index (χ4v) is 3.49. The molecule has 1 aromatic carbocycles. The molecule has 0 amide bonds. The molecular formula is C17H21N3S. The minimum Gasteiger partial charge on any atom is -0.389 e. The van der Waals surface area contributed by atoms with Gasteiger partial charge in [0.2, 0.25) is 0 Å². The smallest absolute Gasteiger partial charge is 0.107 e. The van der Waals surface area contributed by atoms with Gasteiger partial charge in [-0.1, -0.05) is 37.3 Å². The number of hydrogen-bond acceptors (Lipinski definition) is 3. The normalized spacial score (nSPS) is 18.9. The van der Waals surface area contributed by atoms with E-state index in [1.54, 1.807) is 0 Å². The van der Waals surface area contributed by atoms with Crippen molar-refractivity contribution < 1.29 is 0 Å². The monoisotopic (exact) mass is 299 g/mol. The molecule has 2 heterocycles. The Balaban J connectivity index is 2.22. The third kappa shape index (κ3) is 2.60. The molecule has 2 N–H and O–H groups in total. The first kappa shape index (κ1) is 14.3. The Kier molecular flexibility index (Phi) is 4.06. The van der Waals surface area contributed by atoms with Gasteiger partial charge in [0.05, 0.1) is 16.8 Å². The van der Waals surface area contributed by atoms with E-state index in [9.17, 15) is 0 Å². The van der Waals surface area contributed by atoms with Crippen LogP contribution in [0.3, 0.4) is 0 Å². The van der Waals surface area contributed by atoms with Crippen LogP contribution < -0.4 is 10.6 Å². The van der Waals surface area contributed by atoms with Crippen LogP contribution in [0.5, 0.6) is 0 Å². The highest BCUT2D eigenvalue weighted by molar-refractivity contribution is 7.80. The zero-order valence-electron chi connectivity index (χ0n) is 12.4. The summed E-state index contributed by atoms with van der Waals surface area (Å²) in [6.45, 7) is 3.33. The van der Waals surface area contributed by atoms with Crippen LogP contribution in [-0.2, 0) is 0 Å². The topological polar surface area (TPSA) is 42.1 Å². The van der Waals surface area contributed by atoms with Crippen molar-refractivity contribution in [1.29, 1.82) is 0 Å². The summed E-state index contributed by atoms with van der Waals surface area (Å²) in [5, 5.41) is 1.16. The maximum absolute atomic E-state index is 5.96. The van der Waals surface area contributed by atoms with E-state index < -0.39 is 0 Å². The number of nitrogens with zero attached hydrogens (tertiary/aromatic N) is 2. The standard InChI is InChI=1S/C17H21N3S/c1-2-12-7-5-6-10-20(12)16-13-8-3-4-9-15(13)19-11-14(16)17(18)21/h3-4,8-9,11-12H,2,5-7,10H2,1H3,(H2,18,21). The first-order chi connectivity index (χ1) is 10.2. The second-order valence-electron chi connectivity index (χ2n) is 5.65. The molecule has 0 saturated carbocycles. The average Bonchev–Trinajstić information content (AvgIpc) is 2.53. The van der Waals surface area contributed by atoms with Gasteiger partial charge >= 0.3 is 0 Å². The van der Waals surface area contributed by atoms with Gasteiger partial charge in [-0.05, 0) is 31.7 Å². The molecule has 0 radical (unpaired) electrons. The quantitative estimate of drug-likeness (QED) is 0.879. The third-order valence-corrected chi connectivity index (χ3v) is 4.62. The highest BCUT2D eigenvalue weighted by Gasteiger charge is 2.25. The molecule has 110 valence electrons. The van der Waals surface area contributed by atoms with Crippen molar-refractivity contribution >= 4 is 33.8 Å². The van der Waals surface area contributed by atoms with Gasteiger partial charge in [-0.3, -0.25) is 4.98 Å². The van der Waals surface area contributed by atoms with Crippen molar-refractivity contribution in [2.45, 2.75) is 38.6 Å². The Labute approximate surface area is 131 Å². The van der Waals surface area contributed by atoms with Gasteiger partial charge in [0.1, 0.15) is 4.99 Å². The second kappa shape index (κ2) is 5.98. The summed E-state index contributed by atoms with van der Waals surface area (Å²) in [5.41, 5.74) is 9.06. The van der Waals surface area contributed by atoms with Crippen LogP contribution in [0.25, 0.3) is 10.9 Å². The average molecular weight is 299 g/mol. The van der Waals surface area contributed by atoms with Gasteiger partial charge in [0, 0.05) is 24.2 Å². The lowest BCUT2D eigenvalue weighted by Crippen LogP contribution is -2.40. The van der Waals surface area contributed by atoms with Crippen LogP contribution in [0.1, 0.15) is 38.2 Å². The van der Waals surface area contributed by atoms with Gasteiger partial charge < -0.3 is 10.6 Å². The number of aromatic nitrogens is 1. The Morgan fingerprint density at radius 2 is 2.19 bits per heavy atom. The maximum atomic E-state index is 5.96. The van der Waals surface area contributed by atoms with Crippen molar-refractivity contribution in [3.63, 3.8) is 0 Å². The van der Waals surface area contributed by atoms with Crippen molar-refractivity contribution in [2.75, 3.05) is 11.4 Å². The molecule has 1 atom stereocenters. The molecule has 1 aromatic heterocycles. The summed E-state index contributed by atoms with van der Waals surface area (Å²) in [5.74, 6) is 0. The summed E-state index contributed by atoms with van der Waals surface area (Å²) < 4.78 is 0. The minimum absolute atomic E-state index is 0.434. The van der Waals surface area contributed by atoms with Crippen LogP contribution in [0, 0.1) is 0 Å². The Hall–Kier alpha value is -1.68. The van der Waals surface area contributed by atoms with Crippen LogP contribution in [-0.4, -0.2) is 22.6 Å². The maximum Gasteiger partial charge on any atom is 0.107 e. The SMILES string of the molecule is CCC1CCCCN1c1c(C(N)=S)cnc2ccccc12. The van der Waals surface area contributed by atoms with E-state index >= 15 is 0 Å². The van der Waals surface area contributed by atoms with Gasteiger partial charge in [-0.25, -0.2) is 0 Å². The zero-order chi connectivity index (χ0) is 14.8. The zero-order valence-corrected chi connectivity index (χ0v) is 13.2. The van der Waals surface area contributed by atoms with E-state index in [2.05, 4.69) is 28.9 Å². The molecule has 2 aromatic rings. The Bertz CT molecular complexity index is 668. The van der Waals surface area contributed by atoms with E-state index in [1.807, 2.05) is 18.3 Å². The number of thiocarbonyl (C=S) groups is 1. The molecule has 0 aliphatic carbocycles. The lowest BCUT2D eigenvalue weighted by molar-refractivity contribution is 0.450. The molecule has 1 aliphatic heterocycles. The number of anilines is 1. The molecule has 4 heteroatoms. The fourth-order valence-electron chi connectivity index (χ4n) is 3.34. The van der Waals surface area contributed by atoms with Crippen molar-refractivity contribution in [2.24, 2.45) is 5.73 Å². The largest absolute Gasteiger partial charge is 0.389 e. The number of para-hydroxylation sites is 1. The summed E-state index contributed by atoms with van der Waals surface area (Å²) in [6.07, 6.45) is 6.75. The van der Waals surface area contributed by atoms with E-state index in [0.717, 1.165) is 29.4 Å². The predicted molar refractivity (Wildman–Crippen MR) is 92.9 cm³/mol. The highest BCUT2D eigenvalue weighted by atomic mass is 32.1. The molecule has 1 fully saturated rings. The van der Waals surface area contributed by atoms with Crippen LogP contribution in [0.4, 0.5) is 5.69 Å². The number of piperidine rings is 1. The summed E-state index contributed by atoms with van der Waals surface area (Å²) in [4.78, 5) is 7.45. The second-order valence-corrected chi connectivity index (χ2v) is 6.09. The number of hydrogen-bond donors (Lipinski definition) is 1. The van der Waals surface area contributed by atoms with E-state index in [1.165, 1.54) is 24.9 Å². The molecule has 1 saturated heterocycles. The van der Waals surface area contributed by atoms with Gasteiger partial charge in [0.15, 0.2) is 0 Å². The van der Waals surface area contributed by atoms with Crippen molar-refractivity contribution in [3.8, 4) is 0 Å². The summed E-state index contributed by atoms with van der Waals surface area (Å²) in [7, 11) is 0. The molecule has 0 spiro atoms. The number of nitrogens with two attached hydrogens (primary N) is 1. The lowest BCUT2D eigenvalue weighted by atomic mass is 9.97. The van der Waals surface area contributed by atoms with Gasteiger partial charge in [-0.15, -0.1) is 0 Å². The molecule has 3 nitrogen and oxygen atoms in total. The number of fused-ring (bicyclic) bond motifs is 1. The highest BCUT2D eigenvalue weighted by Crippen LogP contribution is 2.34. The predicted octanol–water partition coefficient (Wildman–Crippen LogP) is 3.64. The van der Waals surface area contributed by atoms with E-state index in [-0.39, 0.29) is 0 Å². The molecule has 3 rings (SSSR count). The summed E-state index contributed by atoms with van der Waals surface area (Å²) >= 11 is 5.27. The number of rotatable bonds is 3. The third-order valence-electron chi connectivity index (χ3n) is 4.40. The van der Waals surface area contributed by atoms with Crippen molar-refractivity contribution in [1.82, 2.24) is 4.98 Å².